The van der Waals surface area contributed by atoms with Crippen LogP contribution in [0.1, 0.15) is 24.5 Å². The molecule has 3 aromatic carbocycles. The van der Waals surface area contributed by atoms with Crippen LogP contribution in [-0.4, -0.2) is 21.1 Å². The van der Waals surface area contributed by atoms with Crippen LogP contribution in [0, 0.1) is 19.7 Å². The van der Waals surface area contributed by atoms with Crippen molar-refractivity contribution in [3.63, 3.8) is 0 Å². The largest absolute Gasteiger partial charge is 0.332 e. The van der Waals surface area contributed by atoms with Gasteiger partial charge < -0.3 is 10.3 Å². The zero-order chi connectivity index (χ0) is 23.4. The van der Waals surface area contributed by atoms with Crippen LogP contribution >= 0.6 is 11.8 Å². The summed E-state index contributed by atoms with van der Waals surface area (Å²) in [5, 5.41) is 3.20. The summed E-state index contributed by atoms with van der Waals surface area (Å²) in [4.78, 5) is 21.2. The van der Waals surface area contributed by atoms with E-state index in [0.29, 0.717) is 17.3 Å². The summed E-state index contributed by atoms with van der Waals surface area (Å²) in [6, 6.07) is 22.4. The average molecular weight is 460 g/mol. The number of halogens is 1. The molecular weight excluding hydrogens is 433 g/mol. The number of benzene rings is 3. The molecular formula is C27H26FN3OS. The second-order valence-corrected chi connectivity index (χ2v) is 9.20. The van der Waals surface area contributed by atoms with E-state index in [1.54, 1.807) is 12.1 Å². The van der Waals surface area contributed by atoms with Gasteiger partial charge >= 0.3 is 0 Å². The number of nitrogens with zero attached hydrogens (tertiary/aromatic N) is 1. The van der Waals surface area contributed by atoms with Crippen LogP contribution in [0.5, 0.6) is 0 Å². The number of hydrogen-bond acceptors (Lipinski definition) is 3. The molecule has 2 N–H and O–H groups in total. The molecule has 1 aromatic heterocycles. The zero-order valence-electron chi connectivity index (χ0n) is 18.9. The number of anilines is 1. The molecule has 1 heterocycles. The van der Waals surface area contributed by atoms with E-state index in [0.717, 1.165) is 22.5 Å². The smallest absolute Gasteiger partial charge is 0.237 e. The van der Waals surface area contributed by atoms with Crippen molar-refractivity contribution in [1.29, 1.82) is 0 Å². The minimum atomic E-state index is -0.349. The Bertz CT molecular complexity index is 1170. The maximum Gasteiger partial charge on any atom is 0.237 e. The summed E-state index contributed by atoms with van der Waals surface area (Å²) < 4.78 is 13.2. The Hall–Kier alpha value is -3.38. The third-order valence-corrected chi connectivity index (χ3v) is 6.62. The number of aryl methyl sites for hydroxylation is 2. The van der Waals surface area contributed by atoms with Crippen LogP contribution in [0.4, 0.5) is 10.1 Å². The van der Waals surface area contributed by atoms with Gasteiger partial charge in [-0.1, -0.05) is 78.3 Å². The van der Waals surface area contributed by atoms with Crippen LogP contribution in [0.15, 0.2) is 78.0 Å². The first-order valence-electron chi connectivity index (χ1n) is 10.9. The van der Waals surface area contributed by atoms with Gasteiger partial charge in [0.15, 0.2) is 5.16 Å². The summed E-state index contributed by atoms with van der Waals surface area (Å²) in [5.41, 5.74) is 6.78. The molecule has 4 aromatic rings. The molecule has 0 fully saturated rings. The van der Waals surface area contributed by atoms with E-state index in [4.69, 9.17) is 4.98 Å². The third kappa shape index (κ3) is 5.52. The Labute approximate surface area is 197 Å². The molecule has 0 aliphatic heterocycles. The highest BCUT2D eigenvalue weighted by atomic mass is 32.2. The van der Waals surface area contributed by atoms with Gasteiger partial charge in [-0.05, 0) is 44.5 Å². The summed E-state index contributed by atoms with van der Waals surface area (Å²) in [6.45, 7) is 6.08. The number of imidazole rings is 1. The van der Waals surface area contributed by atoms with E-state index in [9.17, 15) is 9.18 Å². The van der Waals surface area contributed by atoms with Crippen molar-refractivity contribution in [2.75, 3.05) is 5.32 Å². The molecule has 0 bridgehead atoms. The number of carbonyl (C=O) groups is 1. The first-order chi connectivity index (χ1) is 15.9. The number of hydrogen-bond donors (Lipinski definition) is 2. The van der Waals surface area contributed by atoms with E-state index in [1.165, 1.54) is 35.0 Å². The van der Waals surface area contributed by atoms with Crippen molar-refractivity contribution >= 4 is 23.4 Å². The van der Waals surface area contributed by atoms with Gasteiger partial charge in [-0.3, -0.25) is 4.79 Å². The lowest BCUT2D eigenvalue weighted by Crippen LogP contribution is -2.24. The first kappa shape index (κ1) is 22.8. The SMILES string of the molecule is CCC(Sc1nc(-c2ccc(C)cc2)c(-c2ccc(C)cc2)[nH]1)C(=O)Nc1ccc(F)cc1. The number of rotatable bonds is 7. The summed E-state index contributed by atoms with van der Waals surface area (Å²) in [6.07, 6.45) is 0.623. The maximum atomic E-state index is 13.2. The van der Waals surface area contributed by atoms with Crippen molar-refractivity contribution in [2.24, 2.45) is 0 Å². The molecule has 1 atom stereocenters. The fourth-order valence-corrected chi connectivity index (χ4v) is 4.38. The fourth-order valence-electron chi connectivity index (χ4n) is 3.47. The van der Waals surface area contributed by atoms with E-state index in [1.807, 2.05) is 6.92 Å². The van der Waals surface area contributed by atoms with Crippen LogP contribution < -0.4 is 5.32 Å². The molecule has 0 saturated carbocycles. The molecule has 0 aliphatic rings. The van der Waals surface area contributed by atoms with Gasteiger partial charge in [0.1, 0.15) is 5.82 Å². The predicted molar refractivity (Wildman–Crippen MR) is 134 cm³/mol. The molecule has 1 amide bonds. The van der Waals surface area contributed by atoms with Crippen LogP contribution in [0.25, 0.3) is 22.5 Å². The first-order valence-corrected chi connectivity index (χ1v) is 11.8. The molecule has 1 unspecified atom stereocenters. The van der Waals surface area contributed by atoms with Gasteiger partial charge in [0, 0.05) is 16.8 Å². The van der Waals surface area contributed by atoms with Gasteiger partial charge in [0.05, 0.1) is 16.6 Å². The molecule has 0 spiro atoms. The standard InChI is InChI=1S/C27H26FN3OS/c1-4-23(26(32)29-22-15-13-21(28)14-16-22)33-27-30-24(19-9-5-17(2)6-10-19)25(31-27)20-11-7-18(3)8-12-20/h5-16,23H,4H2,1-3H3,(H,29,32)(H,30,31). The topological polar surface area (TPSA) is 57.8 Å². The van der Waals surface area contributed by atoms with Crippen LogP contribution in [-0.2, 0) is 4.79 Å². The number of nitrogens with one attached hydrogen (secondary N) is 2. The summed E-state index contributed by atoms with van der Waals surface area (Å²) in [7, 11) is 0. The molecule has 0 saturated heterocycles. The minimum Gasteiger partial charge on any atom is -0.332 e. The van der Waals surface area contributed by atoms with E-state index >= 15 is 0 Å². The summed E-state index contributed by atoms with van der Waals surface area (Å²) >= 11 is 1.40. The van der Waals surface area contributed by atoms with Gasteiger partial charge in [-0.25, -0.2) is 9.37 Å². The maximum absolute atomic E-state index is 13.2. The predicted octanol–water partition coefficient (Wildman–Crippen LogP) is 7.01. The van der Waals surface area contributed by atoms with Gasteiger partial charge in [-0.15, -0.1) is 0 Å². The summed E-state index contributed by atoms with van der Waals surface area (Å²) in [5.74, 6) is -0.475. The van der Waals surface area contributed by atoms with E-state index < -0.39 is 0 Å². The molecule has 168 valence electrons. The van der Waals surface area contributed by atoms with Crippen LogP contribution in [0.3, 0.4) is 0 Å². The zero-order valence-corrected chi connectivity index (χ0v) is 19.7. The average Bonchev–Trinajstić information content (AvgIpc) is 3.23. The number of thioether (sulfide) groups is 1. The Morgan fingerprint density at radius 2 is 1.52 bits per heavy atom. The molecule has 4 rings (SSSR count). The minimum absolute atomic E-state index is 0.140. The quantitative estimate of drug-likeness (QED) is 0.292. The number of H-pyrrole nitrogens is 1. The van der Waals surface area contributed by atoms with Crippen molar-refractivity contribution in [3.8, 4) is 22.5 Å². The highest BCUT2D eigenvalue weighted by molar-refractivity contribution is 8.00. The van der Waals surface area contributed by atoms with E-state index in [-0.39, 0.29) is 17.0 Å². The van der Waals surface area contributed by atoms with Crippen molar-refractivity contribution < 1.29 is 9.18 Å². The lowest BCUT2D eigenvalue weighted by atomic mass is 10.0. The highest BCUT2D eigenvalue weighted by Gasteiger charge is 2.22. The third-order valence-electron chi connectivity index (χ3n) is 5.38. The fraction of sp³-hybridized carbons (Fsp3) is 0.185. The lowest BCUT2D eigenvalue weighted by Gasteiger charge is -2.13. The highest BCUT2D eigenvalue weighted by Crippen LogP contribution is 2.35. The molecule has 33 heavy (non-hydrogen) atoms. The molecule has 0 radical (unpaired) electrons. The number of aromatic nitrogens is 2. The molecule has 4 nitrogen and oxygen atoms in total. The monoisotopic (exact) mass is 459 g/mol. The lowest BCUT2D eigenvalue weighted by molar-refractivity contribution is -0.115. The van der Waals surface area contributed by atoms with Crippen molar-refractivity contribution in [1.82, 2.24) is 9.97 Å². The Kier molecular flexibility index (Phi) is 6.94. The number of amides is 1. The number of aromatic amines is 1. The van der Waals surface area contributed by atoms with Crippen molar-refractivity contribution in [2.45, 2.75) is 37.6 Å². The Balaban J connectivity index is 1.63. The normalized spacial score (nSPS) is 11.9. The Morgan fingerprint density at radius 1 is 0.939 bits per heavy atom. The van der Waals surface area contributed by atoms with Crippen molar-refractivity contribution in [3.05, 3.63) is 89.7 Å². The van der Waals surface area contributed by atoms with E-state index in [2.05, 4.69) is 72.7 Å². The van der Waals surface area contributed by atoms with Gasteiger partial charge in [0.2, 0.25) is 5.91 Å². The second-order valence-electron chi connectivity index (χ2n) is 8.01. The number of carbonyl (C=O) groups excluding carboxylic acids is 1. The Morgan fingerprint density at radius 3 is 2.09 bits per heavy atom. The molecule has 6 heteroatoms. The second kappa shape index (κ2) is 10.0. The van der Waals surface area contributed by atoms with Gasteiger partial charge in [-0.2, -0.15) is 0 Å². The van der Waals surface area contributed by atoms with Crippen LogP contribution in [0.2, 0.25) is 0 Å². The van der Waals surface area contributed by atoms with Gasteiger partial charge in [0.25, 0.3) is 0 Å². The molecule has 0 aliphatic carbocycles.